The summed E-state index contributed by atoms with van der Waals surface area (Å²) in [6, 6.07) is 21.1. The molecule has 1 fully saturated rings. The number of nitrogens with one attached hydrogen (secondary N) is 1. The standard InChI is InChI=1S/C22H23N3O/c1-17-14-23-20(24-17)15-25-16-22(13-12-21(25)26,18-8-4-2-5-9-18)19-10-6-3-7-11-19/h2-11,14H,12-13,15-16H2,1H3,(H,23,24). The van der Waals surface area contributed by atoms with Crippen LogP contribution < -0.4 is 0 Å². The maximum atomic E-state index is 12.6. The highest BCUT2D eigenvalue weighted by Crippen LogP contribution is 2.40. The normalized spacial score (nSPS) is 16.7. The molecule has 0 bridgehead atoms. The monoisotopic (exact) mass is 345 g/mol. The summed E-state index contributed by atoms with van der Waals surface area (Å²) in [5.74, 6) is 1.04. The van der Waals surface area contributed by atoms with Gasteiger partial charge in [0.2, 0.25) is 5.91 Å². The zero-order valence-electron chi connectivity index (χ0n) is 15.0. The van der Waals surface area contributed by atoms with Gasteiger partial charge < -0.3 is 9.88 Å². The van der Waals surface area contributed by atoms with Crippen molar-refractivity contribution in [3.63, 3.8) is 0 Å². The molecule has 0 atom stereocenters. The van der Waals surface area contributed by atoms with E-state index >= 15 is 0 Å². The summed E-state index contributed by atoms with van der Waals surface area (Å²) < 4.78 is 0. The lowest BCUT2D eigenvalue weighted by atomic mass is 9.69. The fourth-order valence-electron chi connectivity index (χ4n) is 4.00. The Labute approximate surface area is 153 Å². The number of likely N-dealkylation sites (tertiary alicyclic amines) is 1. The van der Waals surface area contributed by atoms with Crippen LogP contribution in [-0.4, -0.2) is 27.3 Å². The molecule has 1 N–H and O–H groups in total. The van der Waals surface area contributed by atoms with E-state index in [9.17, 15) is 4.79 Å². The van der Waals surface area contributed by atoms with E-state index in [1.54, 1.807) is 0 Å². The van der Waals surface area contributed by atoms with Crippen molar-refractivity contribution in [1.29, 1.82) is 0 Å². The molecule has 132 valence electrons. The first kappa shape index (κ1) is 16.6. The van der Waals surface area contributed by atoms with Gasteiger partial charge in [0.15, 0.2) is 0 Å². The van der Waals surface area contributed by atoms with Crippen LogP contribution in [0.1, 0.15) is 35.5 Å². The van der Waals surface area contributed by atoms with E-state index in [0.29, 0.717) is 19.5 Å². The number of benzene rings is 2. The van der Waals surface area contributed by atoms with Gasteiger partial charge in [-0.2, -0.15) is 0 Å². The van der Waals surface area contributed by atoms with Crippen molar-refractivity contribution in [2.24, 2.45) is 0 Å². The van der Waals surface area contributed by atoms with Gasteiger partial charge >= 0.3 is 0 Å². The first-order valence-corrected chi connectivity index (χ1v) is 9.07. The van der Waals surface area contributed by atoms with Crippen LogP contribution in [-0.2, 0) is 16.8 Å². The Morgan fingerprint density at radius 2 is 1.65 bits per heavy atom. The van der Waals surface area contributed by atoms with Crippen molar-refractivity contribution < 1.29 is 4.79 Å². The van der Waals surface area contributed by atoms with Crippen LogP contribution in [0.25, 0.3) is 0 Å². The van der Waals surface area contributed by atoms with Gasteiger partial charge in [0.1, 0.15) is 5.82 Å². The quantitative estimate of drug-likeness (QED) is 0.781. The summed E-state index contributed by atoms with van der Waals surface area (Å²) in [5, 5.41) is 0. The predicted molar refractivity (Wildman–Crippen MR) is 102 cm³/mol. The summed E-state index contributed by atoms with van der Waals surface area (Å²) in [4.78, 5) is 22.2. The highest BCUT2D eigenvalue weighted by Gasteiger charge is 2.41. The van der Waals surface area contributed by atoms with Crippen LogP contribution in [0.3, 0.4) is 0 Å². The Hall–Kier alpha value is -2.88. The molecule has 0 unspecified atom stereocenters. The second kappa shape index (κ2) is 6.79. The van der Waals surface area contributed by atoms with Gasteiger partial charge in [0.05, 0.1) is 6.54 Å². The summed E-state index contributed by atoms with van der Waals surface area (Å²) in [7, 11) is 0. The van der Waals surface area contributed by atoms with E-state index in [2.05, 4.69) is 58.5 Å². The van der Waals surface area contributed by atoms with Gasteiger partial charge in [0, 0.05) is 30.3 Å². The number of aromatic nitrogens is 2. The molecule has 3 aromatic rings. The van der Waals surface area contributed by atoms with Crippen molar-refractivity contribution >= 4 is 5.91 Å². The van der Waals surface area contributed by atoms with Crippen LogP contribution >= 0.6 is 0 Å². The van der Waals surface area contributed by atoms with Gasteiger partial charge in [-0.05, 0) is 24.5 Å². The number of aryl methyl sites for hydroxylation is 1. The molecular formula is C22H23N3O. The molecule has 0 spiro atoms. The molecule has 2 heterocycles. The molecule has 0 aliphatic carbocycles. The Kier molecular flexibility index (Phi) is 4.33. The number of hydrogen-bond donors (Lipinski definition) is 1. The molecule has 2 aromatic carbocycles. The number of piperidine rings is 1. The zero-order valence-corrected chi connectivity index (χ0v) is 15.0. The van der Waals surface area contributed by atoms with Crippen molar-refractivity contribution in [2.45, 2.75) is 31.7 Å². The fraction of sp³-hybridized carbons (Fsp3) is 0.273. The predicted octanol–water partition coefficient (Wildman–Crippen LogP) is 3.83. The second-order valence-electron chi connectivity index (χ2n) is 7.08. The Morgan fingerprint density at radius 3 is 2.19 bits per heavy atom. The molecule has 26 heavy (non-hydrogen) atoms. The Morgan fingerprint density at radius 1 is 1.04 bits per heavy atom. The maximum absolute atomic E-state index is 12.6. The van der Waals surface area contributed by atoms with Gasteiger partial charge in [-0.1, -0.05) is 60.7 Å². The average Bonchev–Trinajstić information content (AvgIpc) is 3.10. The molecular weight excluding hydrogens is 322 g/mol. The molecule has 4 nitrogen and oxygen atoms in total. The topological polar surface area (TPSA) is 49.0 Å². The maximum Gasteiger partial charge on any atom is 0.223 e. The van der Waals surface area contributed by atoms with Crippen LogP contribution in [0.5, 0.6) is 0 Å². The number of aromatic amines is 1. The highest BCUT2D eigenvalue weighted by atomic mass is 16.2. The largest absolute Gasteiger partial charge is 0.345 e. The van der Waals surface area contributed by atoms with Gasteiger partial charge in [-0.15, -0.1) is 0 Å². The van der Waals surface area contributed by atoms with E-state index < -0.39 is 0 Å². The summed E-state index contributed by atoms with van der Waals surface area (Å²) >= 11 is 0. The smallest absolute Gasteiger partial charge is 0.223 e. The number of H-pyrrole nitrogens is 1. The van der Waals surface area contributed by atoms with E-state index in [4.69, 9.17) is 0 Å². The summed E-state index contributed by atoms with van der Waals surface area (Å²) in [6.45, 7) is 3.17. The van der Waals surface area contributed by atoms with E-state index in [0.717, 1.165) is 17.9 Å². The molecule has 0 radical (unpaired) electrons. The number of hydrogen-bond acceptors (Lipinski definition) is 2. The number of nitrogens with zero attached hydrogens (tertiary/aromatic N) is 2. The van der Waals surface area contributed by atoms with Crippen LogP contribution in [0.4, 0.5) is 0 Å². The van der Waals surface area contributed by atoms with E-state index in [1.165, 1.54) is 11.1 Å². The van der Waals surface area contributed by atoms with Gasteiger partial charge in [-0.25, -0.2) is 4.98 Å². The third-order valence-corrected chi connectivity index (χ3v) is 5.33. The van der Waals surface area contributed by atoms with Crippen LogP contribution in [0.2, 0.25) is 0 Å². The number of imidazole rings is 1. The Bertz CT molecular complexity index is 847. The SMILES string of the molecule is Cc1cnc(CN2CC(c3ccccc3)(c3ccccc3)CCC2=O)[nH]1. The van der Waals surface area contributed by atoms with Crippen molar-refractivity contribution in [3.05, 3.63) is 89.5 Å². The minimum atomic E-state index is -0.182. The summed E-state index contributed by atoms with van der Waals surface area (Å²) in [6.07, 6.45) is 3.18. The number of rotatable bonds is 4. The van der Waals surface area contributed by atoms with Crippen LogP contribution in [0, 0.1) is 6.92 Å². The fourth-order valence-corrected chi connectivity index (χ4v) is 4.00. The molecule has 4 heteroatoms. The van der Waals surface area contributed by atoms with Crippen molar-refractivity contribution in [1.82, 2.24) is 14.9 Å². The Balaban J connectivity index is 1.73. The average molecular weight is 345 g/mol. The van der Waals surface area contributed by atoms with Gasteiger partial charge in [0.25, 0.3) is 0 Å². The number of amides is 1. The van der Waals surface area contributed by atoms with Crippen molar-refractivity contribution in [3.8, 4) is 0 Å². The van der Waals surface area contributed by atoms with Crippen LogP contribution in [0.15, 0.2) is 66.9 Å². The lowest BCUT2D eigenvalue weighted by Gasteiger charge is -2.43. The molecule has 1 aromatic heterocycles. The molecule has 1 aliphatic heterocycles. The molecule has 1 aliphatic rings. The number of carbonyl (C=O) groups excluding carboxylic acids is 1. The first-order valence-electron chi connectivity index (χ1n) is 9.07. The lowest BCUT2D eigenvalue weighted by Crippen LogP contribution is -2.49. The summed E-state index contributed by atoms with van der Waals surface area (Å²) in [5.41, 5.74) is 3.36. The molecule has 0 saturated carbocycles. The second-order valence-corrected chi connectivity index (χ2v) is 7.08. The van der Waals surface area contributed by atoms with Crippen molar-refractivity contribution in [2.75, 3.05) is 6.54 Å². The minimum Gasteiger partial charge on any atom is -0.345 e. The first-order chi connectivity index (χ1) is 12.7. The molecule has 4 rings (SSSR count). The molecule has 1 amide bonds. The third-order valence-electron chi connectivity index (χ3n) is 5.33. The lowest BCUT2D eigenvalue weighted by molar-refractivity contribution is -0.135. The third kappa shape index (κ3) is 3.03. The van der Waals surface area contributed by atoms with E-state index in [-0.39, 0.29) is 11.3 Å². The number of carbonyl (C=O) groups is 1. The van der Waals surface area contributed by atoms with Gasteiger partial charge in [-0.3, -0.25) is 4.79 Å². The minimum absolute atomic E-state index is 0.182. The highest BCUT2D eigenvalue weighted by molar-refractivity contribution is 5.78. The zero-order chi connectivity index (χ0) is 18.0. The molecule has 1 saturated heterocycles. The van der Waals surface area contributed by atoms with E-state index in [1.807, 2.05) is 30.2 Å².